The number of benzene rings is 2. The van der Waals surface area contributed by atoms with Crippen molar-refractivity contribution in [2.75, 3.05) is 18.5 Å². The fraction of sp³-hybridized carbons (Fsp3) is 0.333. The largest absolute Gasteiger partial charge is 0.494 e. The summed E-state index contributed by atoms with van der Waals surface area (Å²) in [6.45, 7) is 6.34. The monoisotopic (exact) mass is 389 g/mol. The van der Waals surface area contributed by atoms with E-state index < -0.39 is 5.97 Å². The topological polar surface area (TPSA) is 64.6 Å². The summed E-state index contributed by atoms with van der Waals surface area (Å²) in [5.41, 5.74) is 2.90. The number of carbonyl (C=O) groups is 2. The average molecular weight is 390 g/mol. The van der Waals surface area contributed by atoms with E-state index in [9.17, 15) is 9.59 Å². The second kappa shape index (κ2) is 9.97. The Kier molecular flexibility index (Phi) is 7.67. The molecule has 2 aromatic rings. The number of nitrogens with one attached hydrogen (secondary N) is 1. The quantitative estimate of drug-likeness (QED) is 0.513. The van der Waals surface area contributed by atoms with Gasteiger partial charge in [-0.25, -0.2) is 4.79 Å². The molecule has 0 aliphatic heterocycles. The molecule has 144 valence electrons. The molecule has 0 aromatic heterocycles. The van der Waals surface area contributed by atoms with Gasteiger partial charge in [0.1, 0.15) is 5.75 Å². The number of amides is 1. The Labute approximate surface area is 164 Å². The lowest BCUT2D eigenvalue weighted by atomic mass is 10.1. The lowest BCUT2D eigenvalue weighted by Gasteiger charge is -2.10. The number of hydrogen-bond donors (Lipinski definition) is 1. The number of halogens is 1. The minimum absolute atomic E-state index is 0.136. The third-order valence-electron chi connectivity index (χ3n) is 3.88. The van der Waals surface area contributed by atoms with Crippen molar-refractivity contribution in [1.29, 1.82) is 0 Å². The summed E-state index contributed by atoms with van der Waals surface area (Å²) in [6.07, 6.45) is 0.888. The van der Waals surface area contributed by atoms with Crippen molar-refractivity contribution in [3.05, 3.63) is 58.1 Å². The number of ether oxygens (including phenoxy) is 2. The molecule has 27 heavy (non-hydrogen) atoms. The van der Waals surface area contributed by atoms with Gasteiger partial charge in [-0.1, -0.05) is 17.7 Å². The molecule has 5 nitrogen and oxygen atoms in total. The summed E-state index contributed by atoms with van der Waals surface area (Å²) in [5.74, 6) is 0.204. The van der Waals surface area contributed by atoms with E-state index in [2.05, 4.69) is 5.32 Å². The molecule has 0 radical (unpaired) electrons. The molecule has 0 fully saturated rings. The third-order valence-corrected chi connectivity index (χ3v) is 4.48. The Morgan fingerprint density at radius 2 is 1.81 bits per heavy atom. The summed E-state index contributed by atoms with van der Waals surface area (Å²) in [6, 6.07) is 10.5. The number of esters is 1. The van der Waals surface area contributed by atoms with Crippen LogP contribution in [0.2, 0.25) is 5.02 Å². The minimum atomic E-state index is -0.407. The molecular weight excluding hydrogens is 366 g/mol. The molecule has 1 amide bonds. The smallest absolute Gasteiger partial charge is 0.338 e. The number of aryl methyl sites for hydroxylation is 2. The van der Waals surface area contributed by atoms with Crippen molar-refractivity contribution in [3.8, 4) is 5.75 Å². The Morgan fingerprint density at radius 1 is 1.11 bits per heavy atom. The highest BCUT2D eigenvalue weighted by Crippen LogP contribution is 2.26. The zero-order chi connectivity index (χ0) is 19.8. The van der Waals surface area contributed by atoms with Gasteiger partial charge < -0.3 is 14.8 Å². The van der Waals surface area contributed by atoms with Gasteiger partial charge in [-0.05, 0) is 68.7 Å². The van der Waals surface area contributed by atoms with Crippen molar-refractivity contribution in [2.24, 2.45) is 0 Å². The molecule has 0 bridgehead atoms. The van der Waals surface area contributed by atoms with Crippen LogP contribution >= 0.6 is 11.6 Å². The van der Waals surface area contributed by atoms with Gasteiger partial charge in [-0.2, -0.15) is 0 Å². The van der Waals surface area contributed by atoms with Crippen LogP contribution in [0.5, 0.6) is 5.75 Å². The first kappa shape index (κ1) is 20.8. The van der Waals surface area contributed by atoms with Gasteiger partial charge in [0.15, 0.2) is 0 Å². The molecule has 2 aromatic carbocycles. The number of carbonyl (C=O) groups excluding carboxylic acids is 2. The Morgan fingerprint density at radius 3 is 2.48 bits per heavy atom. The van der Waals surface area contributed by atoms with Crippen LogP contribution in [0.25, 0.3) is 0 Å². The van der Waals surface area contributed by atoms with Gasteiger partial charge >= 0.3 is 5.97 Å². The molecular formula is C21H24ClNO4. The van der Waals surface area contributed by atoms with E-state index in [1.54, 1.807) is 31.2 Å². The van der Waals surface area contributed by atoms with E-state index in [0.717, 1.165) is 21.9 Å². The Balaban J connectivity index is 1.80. The predicted octanol–water partition coefficient (Wildman–Crippen LogP) is 4.93. The Hall–Kier alpha value is -2.53. The maximum absolute atomic E-state index is 12.1. The lowest BCUT2D eigenvalue weighted by molar-refractivity contribution is -0.116. The molecule has 0 saturated heterocycles. The first-order chi connectivity index (χ1) is 12.9. The number of rotatable bonds is 8. The normalized spacial score (nSPS) is 10.4. The molecule has 2 rings (SSSR count). The van der Waals surface area contributed by atoms with Crippen LogP contribution in [-0.4, -0.2) is 25.1 Å². The van der Waals surface area contributed by atoms with Gasteiger partial charge in [-0.15, -0.1) is 0 Å². The van der Waals surface area contributed by atoms with E-state index in [-0.39, 0.29) is 5.91 Å². The standard InChI is InChI=1S/C21H24ClNO4/c1-4-26-21(25)16-7-5-8-17(13-16)23-19(24)9-6-10-27-18-11-14(2)20(22)15(3)12-18/h5,7-8,11-13H,4,6,9-10H2,1-3H3,(H,23,24). The van der Waals surface area contributed by atoms with E-state index in [4.69, 9.17) is 21.1 Å². The summed E-state index contributed by atoms with van der Waals surface area (Å²) in [7, 11) is 0. The highest BCUT2D eigenvalue weighted by molar-refractivity contribution is 6.32. The SMILES string of the molecule is CCOC(=O)c1cccc(NC(=O)CCCOc2cc(C)c(Cl)c(C)c2)c1. The fourth-order valence-corrected chi connectivity index (χ4v) is 2.68. The zero-order valence-electron chi connectivity index (χ0n) is 15.8. The highest BCUT2D eigenvalue weighted by Gasteiger charge is 2.09. The van der Waals surface area contributed by atoms with Crippen molar-refractivity contribution in [3.63, 3.8) is 0 Å². The second-order valence-electron chi connectivity index (χ2n) is 6.17. The summed E-state index contributed by atoms with van der Waals surface area (Å²) >= 11 is 6.14. The fourth-order valence-electron chi connectivity index (χ4n) is 2.57. The first-order valence-corrected chi connectivity index (χ1v) is 9.25. The Bertz CT molecular complexity index is 797. The molecule has 0 aliphatic rings. The van der Waals surface area contributed by atoms with Crippen molar-refractivity contribution in [1.82, 2.24) is 0 Å². The molecule has 6 heteroatoms. The number of anilines is 1. The molecule has 0 unspecified atom stereocenters. The first-order valence-electron chi connectivity index (χ1n) is 8.87. The molecule has 0 aliphatic carbocycles. The van der Waals surface area contributed by atoms with Gasteiger partial charge in [0.2, 0.25) is 5.91 Å². The van der Waals surface area contributed by atoms with E-state index >= 15 is 0 Å². The molecule has 0 saturated carbocycles. The van der Waals surface area contributed by atoms with Gasteiger partial charge in [-0.3, -0.25) is 4.79 Å². The van der Waals surface area contributed by atoms with E-state index in [1.165, 1.54) is 0 Å². The van der Waals surface area contributed by atoms with Crippen LogP contribution in [0, 0.1) is 13.8 Å². The maximum Gasteiger partial charge on any atom is 0.338 e. The zero-order valence-corrected chi connectivity index (χ0v) is 16.6. The van der Waals surface area contributed by atoms with Crippen LogP contribution in [0.3, 0.4) is 0 Å². The van der Waals surface area contributed by atoms with Crippen LogP contribution in [-0.2, 0) is 9.53 Å². The minimum Gasteiger partial charge on any atom is -0.494 e. The lowest BCUT2D eigenvalue weighted by Crippen LogP contribution is -2.13. The maximum atomic E-state index is 12.1. The van der Waals surface area contributed by atoms with Gasteiger partial charge in [0.25, 0.3) is 0 Å². The third kappa shape index (κ3) is 6.29. The van der Waals surface area contributed by atoms with Gasteiger partial charge in [0.05, 0.1) is 18.8 Å². The van der Waals surface area contributed by atoms with Crippen LogP contribution in [0.4, 0.5) is 5.69 Å². The summed E-state index contributed by atoms with van der Waals surface area (Å²) in [4.78, 5) is 23.8. The van der Waals surface area contributed by atoms with Crippen LogP contribution in [0.15, 0.2) is 36.4 Å². The van der Waals surface area contributed by atoms with Gasteiger partial charge in [0, 0.05) is 17.1 Å². The second-order valence-corrected chi connectivity index (χ2v) is 6.55. The number of hydrogen-bond acceptors (Lipinski definition) is 4. The van der Waals surface area contributed by atoms with Crippen molar-refractivity contribution in [2.45, 2.75) is 33.6 Å². The van der Waals surface area contributed by atoms with Crippen LogP contribution < -0.4 is 10.1 Å². The van der Waals surface area contributed by atoms with E-state index in [0.29, 0.717) is 37.3 Å². The molecule has 0 heterocycles. The van der Waals surface area contributed by atoms with Crippen LogP contribution in [0.1, 0.15) is 41.3 Å². The molecule has 0 spiro atoms. The van der Waals surface area contributed by atoms with E-state index in [1.807, 2.05) is 26.0 Å². The van der Waals surface area contributed by atoms with Crippen molar-refractivity contribution < 1.29 is 19.1 Å². The molecule has 1 N–H and O–H groups in total. The highest BCUT2D eigenvalue weighted by atomic mass is 35.5. The average Bonchev–Trinajstić information content (AvgIpc) is 2.63. The molecule has 0 atom stereocenters. The summed E-state index contributed by atoms with van der Waals surface area (Å²) < 4.78 is 10.7. The van der Waals surface area contributed by atoms with Crippen molar-refractivity contribution >= 4 is 29.2 Å². The predicted molar refractivity (Wildman–Crippen MR) is 107 cm³/mol. The summed E-state index contributed by atoms with van der Waals surface area (Å²) in [5, 5.41) is 3.53.